The van der Waals surface area contributed by atoms with Crippen molar-refractivity contribution in [2.24, 2.45) is 0 Å². The van der Waals surface area contributed by atoms with Crippen LogP contribution >= 0.6 is 11.6 Å². The van der Waals surface area contributed by atoms with Gasteiger partial charge in [0.2, 0.25) is 11.8 Å². The van der Waals surface area contributed by atoms with Gasteiger partial charge in [0.05, 0.1) is 29.6 Å². The van der Waals surface area contributed by atoms with E-state index in [1.807, 2.05) is 0 Å². The number of aromatic nitrogens is 3. The Balaban J connectivity index is 1.41. The van der Waals surface area contributed by atoms with Crippen molar-refractivity contribution in [1.82, 2.24) is 20.1 Å². The topological polar surface area (TPSA) is 100 Å². The Morgan fingerprint density at radius 2 is 2.06 bits per heavy atom. The molecule has 2 aromatic heterocycles. The van der Waals surface area contributed by atoms with Crippen LogP contribution in [0.15, 0.2) is 35.1 Å². The summed E-state index contributed by atoms with van der Waals surface area (Å²) in [7, 11) is 1.36. The molecule has 8 nitrogen and oxygen atoms in total. The van der Waals surface area contributed by atoms with E-state index in [2.05, 4.69) is 20.5 Å². The predicted molar refractivity (Wildman–Crippen MR) is 116 cm³/mol. The van der Waals surface area contributed by atoms with E-state index in [-0.39, 0.29) is 45.4 Å². The molecule has 11 heteroatoms. The molecule has 2 aliphatic rings. The number of ether oxygens (including phenoxy) is 1. The van der Waals surface area contributed by atoms with Crippen LogP contribution < -0.4 is 15.6 Å². The molecular formula is C22H18ClF2N5O3. The fourth-order valence-corrected chi connectivity index (χ4v) is 4.84. The Kier molecular flexibility index (Phi) is 5.24. The molecule has 1 saturated heterocycles. The molecule has 5 rings (SSSR count). The fraction of sp³-hybridized carbons (Fsp3) is 0.273. The Morgan fingerprint density at radius 1 is 1.24 bits per heavy atom. The van der Waals surface area contributed by atoms with Crippen LogP contribution in [-0.4, -0.2) is 39.3 Å². The summed E-state index contributed by atoms with van der Waals surface area (Å²) in [6.07, 6.45) is 1.94. The molecule has 0 radical (unpaired) electrons. The Hall–Kier alpha value is -3.53. The van der Waals surface area contributed by atoms with Gasteiger partial charge in [0.25, 0.3) is 5.56 Å². The lowest BCUT2D eigenvalue weighted by atomic mass is 9.99. The highest BCUT2D eigenvalue weighted by Crippen LogP contribution is 2.43. The zero-order valence-corrected chi connectivity index (χ0v) is 18.1. The van der Waals surface area contributed by atoms with Crippen LogP contribution in [0, 0.1) is 11.8 Å². The molecule has 2 amide bonds. The van der Waals surface area contributed by atoms with E-state index in [0.29, 0.717) is 18.5 Å². The first-order valence-corrected chi connectivity index (χ1v) is 10.6. The number of urea groups is 1. The number of rotatable bonds is 3. The van der Waals surface area contributed by atoms with Crippen LogP contribution in [-0.2, 0) is 6.42 Å². The van der Waals surface area contributed by atoms with E-state index in [1.165, 1.54) is 31.4 Å². The summed E-state index contributed by atoms with van der Waals surface area (Å²) >= 11 is 6.30. The number of nitrogens with one attached hydrogen (secondary N) is 2. The Labute approximate surface area is 191 Å². The third-order valence-corrected chi connectivity index (χ3v) is 6.36. The molecule has 1 aromatic carbocycles. The quantitative estimate of drug-likeness (QED) is 0.559. The summed E-state index contributed by atoms with van der Waals surface area (Å²) in [4.78, 5) is 29.9. The number of carbonyl (C=O) groups excluding carboxylic acids is 1. The largest absolute Gasteiger partial charge is 0.481 e. The number of pyridine rings is 1. The van der Waals surface area contributed by atoms with Crippen LogP contribution in [0.5, 0.6) is 5.88 Å². The molecular weight excluding hydrogens is 456 g/mol. The molecule has 0 unspecified atom stereocenters. The van der Waals surface area contributed by atoms with Crippen LogP contribution in [0.1, 0.15) is 30.1 Å². The van der Waals surface area contributed by atoms with Gasteiger partial charge in [-0.2, -0.15) is 14.5 Å². The number of H-pyrrole nitrogens is 1. The van der Waals surface area contributed by atoms with Gasteiger partial charge >= 0.3 is 6.03 Å². The monoisotopic (exact) mass is 473 g/mol. The average Bonchev–Trinajstić information content (AvgIpc) is 3.11. The first kappa shape index (κ1) is 21.3. The lowest BCUT2D eigenvalue weighted by Crippen LogP contribution is -2.45. The van der Waals surface area contributed by atoms with Crippen molar-refractivity contribution >= 4 is 23.3 Å². The summed E-state index contributed by atoms with van der Waals surface area (Å²) in [5.74, 6) is -1.56. The summed E-state index contributed by atoms with van der Waals surface area (Å²) in [5, 5.41) is 9.17. The number of halogens is 3. The smallest absolute Gasteiger partial charge is 0.322 e. The van der Waals surface area contributed by atoms with Crippen LogP contribution in [0.4, 0.5) is 19.3 Å². The lowest BCUT2D eigenvalue weighted by molar-refractivity contribution is 0.177. The minimum atomic E-state index is -0.860. The van der Waals surface area contributed by atoms with Crippen LogP contribution in [0.3, 0.4) is 0 Å². The number of hydrogen-bond donors (Lipinski definition) is 2. The molecule has 0 aliphatic carbocycles. The van der Waals surface area contributed by atoms with Crippen molar-refractivity contribution in [3.8, 4) is 17.0 Å². The van der Waals surface area contributed by atoms with Crippen LogP contribution in [0.25, 0.3) is 11.1 Å². The molecule has 4 heterocycles. The minimum absolute atomic E-state index is 0.00308. The third-order valence-electron chi connectivity index (χ3n) is 6.05. The van der Waals surface area contributed by atoms with Gasteiger partial charge < -0.3 is 15.0 Å². The van der Waals surface area contributed by atoms with Gasteiger partial charge in [0.15, 0.2) is 0 Å². The molecule has 1 fully saturated rings. The lowest BCUT2D eigenvalue weighted by Gasteiger charge is -2.35. The SMILES string of the molecule is COc1ccc(-c2cc(F)c(NC(=O)N3[C@H]4CC[C@@H]3c3n[nH]c(=O)cc3C4)cc2Cl)c(F)n1. The van der Waals surface area contributed by atoms with E-state index < -0.39 is 17.8 Å². The second-order valence-electron chi connectivity index (χ2n) is 7.94. The number of amides is 2. The summed E-state index contributed by atoms with van der Waals surface area (Å²) in [6.45, 7) is 0. The van der Waals surface area contributed by atoms with E-state index in [4.69, 9.17) is 16.3 Å². The number of aromatic amines is 1. The normalized spacial score (nSPS) is 18.7. The molecule has 2 aliphatic heterocycles. The molecule has 2 atom stereocenters. The number of methoxy groups -OCH3 is 1. The molecule has 0 saturated carbocycles. The van der Waals surface area contributed by atoms with Crippen molar-refractivity contribution < 1.29 is 18.3 Å². The van der Waals surface area contributed by atoms with Crippen molar-refractivity contribution in [2.75, 3.05) is 12.4 Å². The van der Waals surface area contributed by atoms with Crippen molar-refractivity contribution in [2.45, 2.75) is 31.3 Å². The number of hydrogen-bond acceptors (Lipinski definition) is 5. The van der Waals surface area contributed by atoms with E-state index in [1.54, 1.807) is 4.90 Å². The zero-order valence-electron chi connectivity index (χ0n) is 17.4. The van der Waals surface area contributed by atoms with E-state index in [0.717, 1.165) is 18.1 Å². The van der Waals surface area contributed by atoms with E-state index in [9.17, 15) is 18.4 Å². The van der Waals surface area contributed by atoms with E-state index >= 15 is 0 Å². The van der Waals surface area contributed by atoms with Crippen molar-refractivity contribution in [1.29, 1.82) is 0 Å². The van der Waals surface area contributed by atoms with Crippen LogP contribution in [0.2, 0.25) is 5.02 Å². The summed E-state index contributed by atoms with van der Waals surface area (Å²) in [5.41, 5.74) is 1.16. The second-order valence-corrected chi connectivity index (χ2v) is 8.34. The average molecular weight is 474 g/mol. The minimum Gasteiger partial charge on any atom is -0.481 e. The molecule has 3 aromatic rings. The Morgan fingerprint density at radius 3 is 2.82 bits per heavy atom. The van der Waals surface area contributed by atoms with Gasteiger partial charge in [-0.25, -0.2) is 14.3 Å². The van der Waals surface area contributed by atoms with Crippen molar-refractivity contribution in [3.05, 3.63) is 68.7 Å². The highest BCUT2D eigenvalue weighted by molar-refractivity contribution is 6.33. The predicted octanol–water partition coefficient (Wildman–Crippen LogP) is 4.07. The number of carbonyl (C=O) groups is 1. The van der Waals surface area contributed by atoms with Crippen molar-refractivity contribution in [3.63, 3.8) is 0 Å². The second kappa shape index (κ2) is 8.11. The Bertz CT molecular complexity index is 1330. The maximum Gasteiger partial charge on any atom is 0.322 e. The number of benzene rings is 1. The number of fused-ring (bicyclic) bond motifs is 4. The number of nitrogens with zero attached hydrogens (tertiary/aromatic N) is 3. The fourth-order valence-electron chi connectivity index (χ4n) is 4.58. The number of anilines is 1. The molecule has 0 spiro atoms. The highest BCUT2D eigenvalue weighted by Gasteiger charge is 2.44. The standard InChI is InChI=1S/C22H18ClF2N5O3/c1-33-19-5-3-12(21(25)27-19)13-8-15(24)16(9-14(13)23)26-22(32)30-11-2-4-17(30)20-10(6-11)7-18(31)28-29-20/h3,5,7-9,11,17H,2,4,6H2,1H3,(H,26,32)(H,28,31)/t11-,17+/m0/s1. The van der Waals surface area contributed by atoms with Gasteiger partial charge in [0, 0.05) is 29.3 Å². The molecule has 170 valence electrons. The van der Waals surface area contributed by atoms with Gasteiger partial charge in [-0.3, -0.25) is 4.79 Å². The first-order valence-electron chi connectivity index (χ1n) is 10.2. The third kappa shape index (κ3) is 3.70. The summed E-state index contributed by atoms with van der Waals surface area (Å²) in [6, 6.07) is 5.69. The van der Waals surface area contributed by atoms with Gasteiger partial charge in [0.1, 0.15) is 5.82 Å². The van der Waals surface area contributed by atoms with Gasteiger partial charge in [-0.05, 0) is 43.0 Å². The molecule has 33 heavy (non-hydrogen) atoms. The maximum atomic E-state index is 14.9. The molecule has 2 N–H and O–H groups in total. The zero-order chi connectivity index (χ0) is 23.3. The van der Waals surface area contributed by atoms with Gasteiger partial charge in [-0.1, -0.05) is 11.6 Å². The first-order chi connectivity index (χ1) is 15.9. The van der Waals surface area contributed by atoms with Gasteiger partial charge in [-0.15, -0.1) is 0 Å². The summed E-state index contributed by atoms with van der Waals surface area (Å²) < 4.78 is 34.1. The highest BCUT2D eigenvalue weighted by atomic mass is 35.5. The molecule has 2 bridgehead atoms. The maximum absolute atomic E-state index is 14.9.